The van der Waals surface area contributed by atoms with Gasteiger partial charge in [0, 0.05) is 24.7 Å². The lowest BCUT2D eigenvalue weighted by molar-refractivity contribution is 0.0981. The zero-order chi connectivity index (χ0) is 26.8. The largest absolute Gasteiger partial charge is 0.493 e. The van der Waals surface area contributed by atoms with E-state index in [-0.39, 0.29) is 21.9 Å². The number of halogens is 1. The van der Waals surface area contributed by atoms with Crippen LogP contribution in [0.3, 0.4) is 0 Å². The van der Waals surface area contributed by atoms with E-state index in [9.17, 15) is 17.6 Å². The van der Waals surface area contributed by atoms with Crippen LogP contribution in [0.1, 0.15) is 50.9 Å². The predicted molar refractivity (Wildman–Crippen MR) is 138 cm³/mol. The summed E-state index contributed by atoms with van der Waals surface area (Å²) >= 11 is 0. The Morgan fingerprint density at radius 1 is 1.19 bits per heavy atom. The highest BCUT2D eigenvalue weighted by atomic mass is 32.2. The van der Waals surface area contributed by atoms with E-state index in [1.165, 1.54) is 30.5 Å². The molecule has 1 saturated heterocycles. The summed E-state index contributed by atoms with van der Waals surface area (Å²) in [5.74, 6) is -0.269. The molecule has 11 heteroatoms. The number of ether oxygens (including phenoxy) is 1. The molecule has 3 heterocycles. The normalized spacial score (nSPS) is 15.6. The molecule has 4 rings (SSSR count). The Hall–Kier alpha value is -3.47. The van der Waals surface area contributed by atoms with Crippen molar-refractivity contribution in [2.24, 2.45) is 11.3 Å². The van der Waals surface area contributed by atoms with Crippen molar-refractivity contribution in [3.05, 3.63) is 54.0 Å². The highest BCUT2D eigenvalue weighted by Crippen LogP contribution is 2.34. The van der Waals surface area contributed by atoms with Crippen LogP contribution in [0.4, 0.5) is 10.2 Å². The number of aromatic nitrogens is 3. The first kappa shape index (κ1) is 26.6. The summed E-state index contributed by atoms with van der Waals surface area (Å²) in [7, 11) is -4.15. The Balaban J connectivity index is 1.71. The molecule has 0 unspecified atom stereocenters. The van der Waals surface area contributed by atoms with E-state index in [4.69, 9.17) is 9.72 Å². The van der Waals surface area contributed by atoms with Crippen LogP contribution in [0.15, 0.2) is 47.6 Å². The smallest absolute Gasteiger partial charge is 0.281 e. The molecule has 1 aliphatic rings. The van der Waals surface area contributed by atoms with Crippen molar-refractivity contribution in [2.75, 3.05) is 24.6 Å². The summed E-state index contributed by atoms with van der Waals surface area (Å²) in [6, 6.07) is 8.75. The van der Waals surface area contributed by atoms with Crippen LogP contribution in [0.25, 0.3) is 11.3 Å². The fraction of sp³-hybridized carbons (Fsp3) is 0.423. The Bertz CT molecular complexity index is 1360. The summed E-state index contributed by atoms with van der Waals surface area (Å²) < 4.78 is 47.5. The number of hydrogen-bond donors (Lipinski definition) is 2. The number of carbonyl (C=O) groups is 1. The highest BCUT2D eigenvalue weighted by Gasteiger charge is 2.30. The van der Waals surface area contributed by atoms with Gasteiger partial charge in [-0.1, -0.05) is 27.7 Å². The Morgan fingerprint density at radius 2 is 1.92 bits per heavy atom. The van der Waals surface area contributed by atoms with E-state index in [2.05, 4.69) is 28.8 Å². The molecule has 0 radical (unpaired) electrons. The lowest BCUT2D eigenvalue weighted by Crippen LogP contribution is -2.39. The molecule has 0 spiro atoms. The van der Waals surface area contributed by atoms with Crippen molar-refractivity contribution in [1.29, 1.82) is 0 Å². The zero-order valence-corrected chi connectivity index (χ0v) is 22.2. The quantitative estimate of drug-likeness (QED) is 0.444. The molecule has 0 atom stereocenters. The fourth-order valence-corrected chi connectivity index (χ4v) is 4.91. The van der Waals surface area contributed by atoms with Crippen LogP contribution in [0.5, 0.6) is 5.75 Å². The van der Waals surface area contributed by atoms with Crippen molar-refractivity contribution in [1.82, 2.24) is 19.9 Å². The number of amides is 1. The molecular weight excluding hydrogens is 497 g/mol. The molecule has 9 nitrogen and oxygen atoms in total. The molecule has 3 aromatic rings. The van der Waals surface area contributed by atoms with Gasteiger partial charge in [-0.15, -0.1) is 0 Å². The van der Waals surface area contributed by atoms with Gasteiger partial charge in [0.1, 0.15) is 17.4 Å². The van der Waals surface area contributed by atoms with Crippen molar-refractivity contribution < 1.29 is 22.3 Å². The molecule has 1 amide bonds. The topological polar surface area (TPSA) is 117 Å². The first-order chi connectivity index (χ1) is 17.4. The summed E-state index contributed by atoms with van der Waals surface area (Å²) in [5, 5.41) is 5.77. The maximum atomic E-state index is 14.4. The number of anilines is 1. The zero-order valence-electron chi connectivity index (χ0n) is 21.4. The van der Waals surface area contributed by atoms with E-state index in [1.807, 2.05) is 18.7 Å². The van der Waals surface area contributed by atoms with Gasteiger partial charge in [0.05, 0.1) is 24.1 Å². The summed E-state index contributed by atoms with van der Waals surface area (Å²) in [4.78, 5) is 19.9. The molecule has 0 aliphatic carbocycles. The van der Waals surface area contributed by atoms with Crippen LogP contribution in [-0.2, 0) is 10.0 Å². The molecule has 1 fully saturated rings. The highest BCUT2D eigenvalue weighted by molar-refractivity contribution is 7.90. The Kier molecular flexibility index (Phi) is 7.54. The Labute approximate surface area is 216 Å². The number of H-pyrrole nitrogens is 1. The minimum Gasteiger partial charge on any atom is -0.493 e. The fourth-order valence-electron chi connectivity index (χ4n) is 4.03. The minimum absolute atomic E-state index is 0.110. The number of hydrogen-bond acceptors (Lipinski definition) is 7. The lowest BCUT2D eigenvalue weighted by atomic mass is 9.82. The van der Waals surface area contributed by atoms with E-state index in [0.717, 1.165) is 12.8 Å². The van der Waals surface area contributed by atoms with Crippen molar-refractivity contribution >= 4 is 21.7 Å². The summed E-state index contributed by atoms with van der Waals surface area (Å²) in [6.45, 7) is 10.1. The molecule has 2 N–H and O–H groups in total. The van der Waals surface area contributed by atoms with Crippen molar-refractivity contribution in [2.45, 2.75) is 45.6 Å². The molecule has 2 aromatic heterocycles. The van der Waals surface area contributed by atoms with Gasteiger partial charge in [0.15, 0.2) is 5.03 Å². The third-order valence-corrected chi connectivity index (χ3v) is 7.54. The molecule has 198 valence electrons. The second-order valence-corrected chi connectivity index (χ2v) is 12.1. The molecular formula is C26H32FN5O4S. The minimum atomic E-state index is -4.15. The van der Waals surface area contributed by atoms with E-state index in [0.29, 0.717) is 42.5 Å². The van der Waals surface area contributed by atoms with E-state index < -0.39 is 21.7 Å². The molecule has 37 heavy (non-hydrogen) atoms. The van der Waals surface area contributed by atoms with Gasteiger partial charge >= 0.3 is 0 Å². The number of carbonyl (C=O) groups excluding carboxylic acids is 1. The second kappa shape index (κ2) is 10.5. The van der Waals surface area contributed by atoms with Crippen LogP contribution in [0, 0.1) is 17.2 Å². The maximum Gasteiger partial charge on any atom is 0.281 e. The number of nitrogens with one attached hydrogen (secondary N) is 2. The number of rotatable bonds is 8. The standard InChI is InChI=1S/C26H32FN5O4S/c1-17(2)16-36-20-14-18(13-19(27)15-20)22-6-5-21(24(29-22)32-11-8-26(3,4)9-12-32)25(33)31-37(34,35)23-7-10-28-30-23/h5-7,10,13-15,17H,8-9,11-12,16H2,1-4H3,(H,28,30)(H,31,33). The number of sulfonamides is 1. The summed E-state index contributed by atoms with van der Waals surface area (Å²) in [6.07, 6.45) is 3.04. The van der Waals surface area contributed by atoms with Gasteiger partial charge in [-0.2, -0.15) is 13.5 Å². The first-order valence-corrected chi connectivity index (χ1v) is 13.7. The predicted octanol–water partition coefficient (Wildman–Crippen LogP) is 4.39. The van der Waals surface area contributed by atoms with Gasteiger partial charge in [0.2, 0.25) is 0 Å². The number of nitrogens with zero attached hydrogens (tertiary/aromatic N) is 3. The van der Waals surface area contributed by atoms with Crippen molar-refractivity contribution in [3.8, 4) is 17.0 Å². The number of piperidine rings is 1. The van der Waals surface area contributed by atoms with Crippen LogP contribution >= 0.6 is 0 Å². The third-order valence-electron chi connectivity index (χ3n) is 6.28. The number of benzene rings is 1. The third kappa shape index (κ3) is 6.46. The average molecular weight is 530 g/mol. The van der Waals surface area contributed by atoms with Gasteiger partial charge < -0.3 is 9.64 Å². The molecule has 1 aliphatic heterocycles. The van der Waals surface area contributed by atoms with Gasteiger partial charge in [-0.05, 0) is 54.5 Å². The molecule has 0 bridgehead atoms. The van der Waals surface area contributed by atoms with Crippen LogP contribution < -0.4 is 14.4 Å². The second-order valence-electron chi connectivity index (χ2n) is 10.5. The number of aromatic amines is 1. The van der Waals surface area contributed by atoms with Gasteiger partial charge in [0.25, 0.3) is 15.9 Å². The average Bonchev–Trinajstić information content (AvgIpc) is 3.38. The van der Waals surface area contributed by atoms with Crippen LogP contribution in [0.2, 0.25) is 0 Å². The van der Waals surface area contributed by atoms with Crippen molar-refractivity contribution in [3.63, 3.8) is 0 Å². The van der Waals surface area contributed by atoms with E-state index in [1.54, 1.807) is 12.1 Å². The van der Waals surface area contributed by atoms with Gasteiger partial charge in [-0.3, -0.25) is 9.89 Å². The summed E-state index contributed by atoms with van der Waals surface area (Å²) in [5.41, 5.74) is 1.20. The first-order valence-electron chi connectivity index (χ1n) is 12.2. The molecule has 1 aromatic carbocycles. The van der Waals surface area contributed by atoms with E-state index >= 15 is 0 Å². The monoisotopic (exact) mass is 529 g/mol. The lowest BCUT2D eigenvalue weighted by Gasteiger charge is -2.38. The molecule has 0 saturated carbocycles. The SMILES string of the molecule is CC(C)COc1cc(F)cc(-c2ccc(C(=O)NS(=O)(=O)c3ccn[nH]3)c(N3CCC(C)(C)CC3)n2)c1. The number of pyridine rings is 1. The maximum absolute atomic E-state index is 14.4. The van der Waals surface area contributed by atoms with Crippen LogP contribution in [-0.4, -0.2) is 49.2 Å². The Morgan fingerprint density at radius 3 is 2.57 bits per heavy atom. The van der Waals surface area contributed by atoms with Gasteiger partial charge in [-0.25, -0.2) is 14.1 Å².